The van der Waals surface area contributed by atoms with E-state index in [4.69, 9.17) is 27.9 Å². The number of carbonyl (C=O) groups is 1. The van der Waals surface area contributed by atoms with Gasteiger partial charge in [0.15, 0.2) is 0 Å². The Hall–Kier alpha value is -0.810. The summed E-state index contributed by atoms with van der Waals surface area (Å²) < 4.78 is 5.62. The van der Waals surface area contributed by atoms with Crippen molar-refractivity contribution in [2.45, 2.75) is 31.9 Å². The monoisotopic (exact) mass is 330 g/mol. The summed E-state index contributed by atoms with van der Waals surface area (Å²) in [6, 6.07) is 5.08. The van der Waals surface area contributed by atoms with E-state index in [1.807, 2.05) is 13.0 Å². The van der Waals surface area contributed by atoms with Crippen LogP contribution in [0.15, 0.2) is 18.2 Å². The third-order valence-corrected chi connectivity index (χ3v) is 4.11. The van der Waals surface area contributed by atoms with E-state index in [0.717, 1.165) is 31.5 Å². The Kier molecular flexibility index (Phi) is 6.30. The van der Waals surface area contributed by atoms with Crippen LogP contribution in [0.3, 0.4) is 0 Å². The minimum Gasteiger partial charge on any atom is -0.368 e. The number of hydrogen-bond donors (Lipinski definition) is 2. The number of halogens is 2. The maximum absolute atomic E-state index is 11.9. The van der Waals surface area contributed by atoms with Crippen LogP contribution in [0.25, 0.3) is 0 Å². The number of nitrogens with one attached hydrogen (secondary N) is 2. The van der Waals surface area contributed by atoms with Crippen LogP contribution in [0.5, 0.6) is 0 Å². The van der Waals surface area contributed by atoms with Crippen molar-refractivity contribution in [3.63, 3.8) is 0 Å². The first-order chi connectivity index (χ1) is 10.1. The fraction of sp³-hybridized carbons (Fsp3) is 0.533. The summed E-state index contributed by atoms with van der Waals surface area (Å²) in [5.41, 5.74) is 0.844. The average molecular weight is 331 g/mol. The third-order valence-electron chi connectivity index (χ3n) is 3.54. The van der Waals surface area contributed by atoms with Crippen LogP contribution >= 0.6 is 23.2 Å². The molecular formula is C15H20Cl2N2O2. The van der Waals surface area contributed by atoms with Gasteiger partial charge in [-0.2, -0.15) is 0 Å². The Morgan fingerprint density at radius 2 is 2.14 bits per heavy atom. The number of rotatable bonds is 5. The molecule has 1 unspecified atom stereocenters. The van der Waals surface area contributed by atoms with Gasteiger partial charge in [-0.1, -0.05) is 29.3 Å². The Bertz CT molecular complexity index is 491. The molecule has 4 nitrogen and oxygen atoms in total. The molecule has 0 aliphatic carbocycles. The molecule has 0 bridgehead atoms. The summed E-state index contributed by atoms with van der Waals surface area (Å²) in [6.45, 7) is 3.86. The maximum Gasteiger partial charge on any atom is 0.246 e. The van der Waals surface area contributed by atoms with E-state index in [1.165, 1.54) is 0 Å². The molecule has 1 amide bonds. The predicted molar refractivity (Wildman–Crippen MR) is 84.9 cm³/mol. The number of piperidine rings is 1. The second kappa shape index (κ2) is 7.99. The van der Waals surface area contributed by atoms with E-state index >= 15 is 0 Å². The lowest BCUT2D eigenvalue weighted by Gasteiger charge is -2.23. The first-order valence-corrected chi connectivity index (χ1v) is 7.88. The molecule has 2 rings (SSSR count). The number of amides is 1. The zero-order valence-electron chi connectivity index (χ0n) is 12.0. The van der Waals surface area contributed by atoms with Gasteiger partial charge < -0.3 is 15.4 Å². The lowest BCUT2D eigenvalue weighted by molar-refractivity contribution is -0.128. The molecule has 1 heterocycles. The molecule has 1 aliphatic heterocycles. The van der Waals surface area contributed by atoms with Gasteiger partial charge in [-0.25, -0.2) is 0 Å². The van der Waals surface area contributed by atoms with E-state index in [1.54, 1.807) is 12.1 Å². The smallest absolute Gasteiger partial charge is 0.246 e. The summed E-state index contributed by atoms with van der Waals surface area (Å²) in [4.78, 5) is 11.9. The summed E-state index contributed by atoms with van der Waals surface area (Å²) in [5.74, 6) is -0.132. The molecule has 116 valence electrons. The van der Waals surface area contributed by atoms with E-state index in [0.29, 0.717) is 10.0 Å². The van der Waals surface area contributed by atoms with E-state index in [-0.39, 0.29) is 24.7 Å². The van der Waals surface area contributed by atoms with Gasteiger partial charge in [0, 0.05) is 10.0 Å². The number of hydrogen-bond acceptors (Lipinski definition) is 3. The SMILES string of the molecule is CC(NC(=O)COC1CCNCC1)c1ccc(Cl)cc1Cl. The van der Waals surface area contributed by atoms with Crippen LogP contribution in [0.1, 0.15) is 31.4 Å². The molecule has 2 N–H and O–H groups in total. The van der Waals surface area contributed by atoms with Gasteiger partial charge in [-0.05, 0) is 50.6 Å². The van der Waals surface area contributed by atoms with Gasteiger partial charge in [-0.15, -0.1) is 0 Å². The Labute approximate surface area is 135 Å². The van der Waals surface area contributed by atoms with Crippen molar-refractivity contribution in [1.82, 2.24) is 10.6 Å². The van der Waals surface area contributed by atoms with Crippen molar-refractivity contribution in [3.8, 4) is 0 Å². The molecule has 0 saturated carbocycles. The minimum absolute atomic E-state index is 0.0835. The van der Waals surface area contributed by atoms with Gasteiger partial charge in [0.1, 0.15) is 6.61 Å². The number of carbonyl (C=O) groups excluding carboxylic acids is 1. The summed E-state index contributed by atoms with van der Waals surface area (Å²) in [5, 5.41) is 7.28. The Morgan fingerprint density at radius 1 is 1.43 bits per heavy atom. The van der Waals surface area contributed by atoms with Crippen LogP contribution < -0.4 is 10.6 Å². The third kappa shape index (κ3) is 5.15. The zero-order chi connectivity index (χ0) is 15.2. The molecule has 1 aromatic rings. The largest absolute Gasteiger partial charge is 0.368 e. The van der Waals surface area contributed by atoms with Gasteiger partial charge in [-0.3, -0.25) is 4.79 Å². The highest BCUT2D eigenvalue weighted by Gasteiger charge is 2.17. The van der Waals surface area contributed by atoms with Gasteiger partial charge in [0.2, 0.25) is 5.91 Å². The molecule has 0 aromatic heterocycles. The molecule has 1 atom stereocenters. The van der Waals surface area contributed by atoms with Crippen molar-refractivity contribution in [2.75, 3.05) is 19.7 Å². The quantitative estimate of drug-likeness (QED) is 0.872. The lowest BCUT2D eigenvalue weighted by atomic mass is 10.1. The molecule has 21 heavy (non-hydrogen) atoms. The summed E-state index contributed by atoms with van der Waals surface area (Å²) in [6.07, 6.45) is 2.07. The van der Waals surface area contributed by atoms with Crippen molar-refractivity contribution in [3.05, 3.63) is 33.8 Å². The molecule has 1 fully saturated rings. The first-order valence-electron chi connectivity index (χ1n) is 7.13. The fourth-order valence-electron chi connectivity index (χ4n) is 2.37. The Balaban J connectivity index is 1.81. The zero-order valence-corrected chi connectivity index (χ0v) is 13.5. The average Bonchev–Trinajstić information content (AvgIpc) is 2.46. The highest BCUT2D eigenvalue weighted by atomic mass is 35.5. The molecular weight excluding hydrogens is 311 g/mol. The molecule has 1 aromatic carbocycles. The van der Waals surface area contributed by atoms with Crippen LogP contribution in [0.2, 0.25) is 10.0 Å². The van der Waals surface area contributed by atoms with Gasteiger partial charge in [0.05, 0.1) is 12.1 Å². The second-order valence-corrected chi connectivity index (χ2v) is 6.06. The topological polar surface area (TPSA) is 50.4 Å². The lowest BCUT2D eigenvalue weighted by Crippen LogP contribution is -2.36. The summed E-state index contributed by atoms with van der Waals surface area (Å²) in [7, 11) is 0. The number of benzene rings is 1. The molecule has 0 radical (unpaired) electrons. The highest BCUT2D eigenvalue weighted by molar-refractivity contribution is 6.35. The molecule has 1 saturated heterocycles. The van der Waals surface area contributed by atoms with Gasteiger partial charge >= 0.3 is 0 Å². The van der Waals surface area contributed by atoms with E-state index in [9.17, 15) is 4.79 Å². The normalized spacial score (nSPS) is 17.5. The predicted octanol–water partition coefficient (Wildman–Crippen LogP) is 2.94. The van der Waals surface area contributed by atoms with E-state index in [2.05, 4.69) is 10.6 Å². The van der Waals surface area contributed by atoms with Crippen LogP contribution in [-0.4, -0.2) is 31.7 Å². The second-order valence-electron chi connectivity index (χ2n) is 5.22. The van der Waals surface area contributed by atoms with Crippen molar-refractivity contribution < 1.29 is 9.53 Å². The van der Waals surface area contributed by atoms with Crippen LogP contribution in [0.4, 0.5) is 0 Å². The standard InChI is InChI=1S/C15H20Cl2N2O2/c1-10(13-3-2-11(16)8-14(13)17)19-15(20)9-21-12-4-6-18-7-5-12/h2-3,8,10,12,18H,4-7,9H2,1H3,(H,19,20). The highest BCUT2D eigenvalue weighted by Crippen LogP contribution is 2.26. The Morgan fingerprint density at radius 3 is 2.81 bits per heavy atom. The van der Waals surface area contributed by atoms with Gasteiger partial charge in [0.25, 0.3) is 0 Å². The van der Waals surface area contributed by atoms with E-state index < -0.39 is 0 Å². The van der Waals surface area contributed by atoms with Crippen molar-refractivity contribution in [2.24, 2.45) is 0 Å². The molecule has 1 aliphatic rings. The first kappa shape index (κ1) is 16.6. The fourth-order valence-corrected chi connectivity index (χ4v) is 2.94. The van der Waals surface area contributed by atoms with Crippen molar-refractivity contribution in [1.29, 1.82) is 0 Å². The molecule has 0 spiro atoms. The van der Waals surface area contributed by atoms with Crippen LogP contribution in [0, 0.1) is 0 Å². The molecule has 6 heteroatoms. The maximum atomic E-state index is 11.9. The summed E-state index contributed by atoms with van der Waals surface area (Å²) >= 11 is 12.0. The minimum atomic E-state index is -0.182. The number of ether oxygens (including phenoxy) is 1. The van der Waals surface area contributed by atoms with Crippen molar-refractivity contribution >= 4 is 29.1 Å². The van der Waals surface area contributed by atoms with Crippen LogP contribution in [-0.2, 0) is 9.53 Å².